The number of hydrogen-bond donors (Lipinski definition) is 1. The molecule has 1 aliphatic heterocycles. The summed E-state index contributed by atoms with van der Waals surface area (Å²) in [5.74, 6) is 1.08. The Labute approximate surface area is 81.6 Å². The molecule has 1 aromatic rings. The molecule has 0 aliphatic carbocycles. The van der Waals surface area contributed by atoms with Crippen molar-refractivity contribution in [1.82, 2.24) is 15.5 Å². The van der Waals surface area contributed by atoms with Crippen molar-refractivity contribution in [1.29, 1.82) is 0 Å². The highest BCUT2D eigenvalue weighted by Crippen LogP contribution is 2.16. The van der Waals surface area contributed by atoms with E-state index in [1.807, 2.05) is 0 Å². The molecule has 2 heterocycles. The Morgan fingerprint density at radius 2 is 2.36 bits per heavy atom. The zero-order valence-electron chi connectivity index (χ0n) is 7.73. The zero-order valence-corrected chi connectivity index (χ0v) is 8.54. The van der Waals surface area contributed by atoms with Gasteiger partial charge in [0.2, 0.25) is 5.89 Å². The van der Waals surface area contributed by atoms with Crippen molar-refractivity contribution in [3.63, 3.8) is 0 Å². The summed E-state index contributed by atoms with van der Waals surface area (Å²) in [4.78, 5) is 4.00. The standard InChI is InChI=1S/C7H11N3O3S/c1-5-9-7(13-10-5)6-4-14(11,12)3-2-8-6/h6,8H,2-4H2,1H3. The molecule has 0 amide bonds. The molecule has 6 nitrogen and oxygen atoms in total. The van der Waals surface area contributed by atoms with Gasteiger partial charge < -0.3 is 9.84 Å². The van der Waals surface area contributed by atoms with Gasteiger partial charge in [-0.25, -0.2) is 8.42 Å². The van der Waals surface area contributed by atoms with Crippen molar-refractivity contribution in [2.45, 2.75) is 13.0 Å². The van der Waals surface area contributed by atoms with Gasteiger partial charge in [0, 0.05) is 6.54 Å². The maximum atomic E-state index is 11.3. The smallest absolute Gasteiger partial charge is 0.244 e. The van der Waals surface area contributed by atoms with Gasteiger partial charge in [-0.3, -0.25) is 0 Å². The average Bonchev–Trinajstić information content (AvgIpc) is 2.50. The minimum Gasteiger partial charge on any atom is -0.338 e. The molecule has 0 bridgehead atoms. The fourth-order valence-corrected chi connectivity index (χ4v) is 2.76. The summed E-state index contributed by atoms with van der Waals surface area (Å²) >= 11 is 0. The molecular weight excluding hydrogens is 206 g/mol. The first-order valence-electron chi connectivity index (χ1n) is 4.31. The van der Waals surface area contributed by atoms with Gasteiger partial charge in [-0.15, -0.1) is 0 Å². The summed E-state index contributed by atoms with van der Waals surface area (Å²) in [6.07, 6.45) is 0. The Hall–Kier alpha value is -0.950. The van der Waals surface area contributed by atoms with Gasteiger partial charge in [-0.05, 0) is 6.92 Å². The number of nitrogens with one attached hydrogen (secondary N) is 1. The first kappa shape index (κ1) is 9.60. The largest absolute Gasteiger partial charge is 0.338 e. The van der Waals surface area contributed by atoms with Crippen LogP contribution in [-0.4, -0.2) is 36.6 Å². The van der Waals surface area contributed by atoms with Crippen molar-refractivity contribution >= 4 is 9.84 Å². The van der Waals surface area contributed by atoms with E-state index in [1.54, 1.807) is 6.92 Å². The molecule has 0 aromatic carbocycles. The lowest BCUT2D eigenvalue weighted by atomic mass is 10.3. The summed E-state index contributed by atoms with van der Waals surface area (Å²) in [6, 6.07) is -0.352. The minimum absolute atomic E-state index is 0.0363. The van der Waals surface area contributed by atoms with Gasteiger partial charge in [-0.2, -0.15) is 4.98 Å². The predicted molar refractivity (Wildman–Crippen MR) is 48.4 cm³/mol. The highest BCUT2D eigenvalue weighted by molar-refractivity contribution is 7.91. The first-order chi connectivity index (χ1) is 6.57. The molecule has 14 heavy (non-hydrogen) atoms. The normalized spacial score (nSPS) is 26.2. The van der Waals surface area contributed by atoms with Crippen molar-refractivity contribution < 1.29 is 12.9 Å². The summed E-state index contributed by atoms with van der Waals surface area (Å²) in [7, 11) is -2.96. The van der Waals surface area contributed by atoms with Crippen LogP contribution < -0.4 is 5.32 Å². The quantitative estimate of drug-likeness (QED) is 0.678. The molecular formula is C7H11N3O3S. The highest BCUT2D eigenvalue weighted by Gasteiger charge is 2.28. The fraction of sp³-hybridized carbons (Fsp3) is 0.714. The van der Waals surface area contributed by atoms with Crippen LogP contribution in [0.25, 0.3) is 0 Å². The molecule has 1 saturated heterocycles. The van der Waals surface area contributed by atoms with Gasteiger partial charge in [0.05, 0.1) is 11.5 Å². The van der Waals surface area contributed by atoms with Crippen LogP contribution in [0.1, 0.15) is 17.8 Å². The molecule has 78 valence electrons. The van der Waals surface area contributed by atoms with E-state index in [-0.39, 0.29) is 17.5 Å². The SMILES string of the molecule is Cc1noc(C2CS(=O)(=O)CCN2)n1. The van der Waals surface area contributed by atoms with Crippen LogP contribution in [0, 0.1) is 6.92 Å². The van der Waals surface area contributed by atoms with Gasteiger partial charge in [-0.1, -0.05) is 5.16 Å². The summed E-state index contributed by atoms with van der Waals surface area (Å²) in [5.41, 5.74) is 0. The van der Waals surface area contributed by atoms with E-state index in [9.17, 15) is 8.42 Å². The summed E-state index contributed by atoms with van der Waals surface area (Å²) in [5, 5.41) is 6.65. The Morgan fingerprint density at radius 3 is 2.93 bits per heavy atom. The lowest BCUT2D eigenvalue weighted by Gasteiger charge is -2.19. The predicted octanol–water partition coefficient (Wildman–Crippen LogP) is -0.563. The maximum absolute atomic E-state index is 11.3. The van der Waals surface area contributed by atoms with E-state index in [1.165, 1.54) is 0 Å². The van der Waals surface area contributed by atoms with E-state index in [0.29, 0.717) is 18.3 Å². The number of hydrogen-bond acceptors (Lipinski definition) is 6. The van der Waals surface area contributed by atoms with Gasteiger partial charge >= 0.3 is 0 Å². The lowest BCUT2D eigenvalue weighted by molar-refractivity contribution is 0.336. The van der Waals surface area contributed by atoms with Crippen LogP contribution in [0.3, 0.4) is 0 Å². The zero-order chi connectivity index (χ0) is 10.2. The molecule has 0 radical (unpaired) electrons. The van der Waals surface area contributed by atoms with Gasteiger partial charge in [0.1, 0.15) is 6.04 Å². The number of sulfone groups is 1. The Bertz CT molecular complexity index is 425. The highest BCUT2D eigenvalue weighted by atomic mass is 32.2. The molecule has 1 aliphatic rings. The van der Waals surface area contributed by atoms with E-state index < -0.39 is 9.84 Å². The molecule has 0 spiro atoms. The third-order valence-electron chi connectivity index (χ3n) is 2.07. The summed E-state index contributed by atoms with van der Waals surface area (Å²) < 4.78 is 27.5. The van der Waals surface area contributed by atoms with Gasteiger partial charge in [0.15, 0.2) is 15.7 Å². The average molecular weight is 217 g/mol. The van der Waals surface area contributed by atoms with E-state index in [4.69, 9.17) is 4.52 Å². The molecule has 1 N–H and O–H groups in total. The van der Waals surface area contributed by atoms with Gasteiger partial charge in [0.25, 0.3) is 0 Å². The molecule has 7 heteroatoms. The Morgan fingerprint density at radius 1 is 1.57 bits per heavy atom. The molecule has 1 atom stereocenters. The monoisotopic (exact) mass is 217 g/mol. The number of aryl methyl sites for hydroxylation is 1. The van der Waals surface area contributed by atoms with Crippen LogP contribution in [-0.2, 0) is 9.84 Å². The van der Waals surface area contributed by atoms with Crippen molar-refractivity contribution in [3.8, 4) is 0 Å². The second-order valence-corrected chi connectivity index (χ2v) is 5.53. The maximum Gasteiger partial charge on any atom is 0.244 e. The van der Waals surface area contributed by atoms with Crippen LogP contribution in [0.15, 0.2) is 4.52 Å². The van der Waals surface area contributed by atoms with Crippen LogP contribution in [0.5, 0.6) is 0 Å². The van der Waals surface area contributed by atoms with Crippen LogP contribution in [0.2, 0.25) is 0 Å². The number of nitrogens with zero attached hydrogens (tertiary/aromatic N) is 2. The lowest BCUT2D eigenvalue weighted by Crippen LogP contribution is -2.39. The fourth-order valence-electron chi connectivity index (χ4n) is 1.40. The van der Waals surface area contributed by atoms with E-state index in [2.05, 4.69) is 15.5 Å². The van der Waals surface area contributed by atoms with E-state index >= 15 is 0 Å². The molecule has 1 aromatic heterocycles. The third kappa shape index (κ3) is 1.93. The first-order valence-corrected chi connectivity index (χ1v) is 6.13. The second-order valence-electron chi connectivity index (χ2n) is 3.30. The van der Waals surface area contributed by atoms with Crippen LogP contribution in [0.4, 0.5) is 0 Å². The third-order valence-corrected chi connectivity index (χ3v) is 3.73. The molecule has 0 saturated carbocycles. The second kappa shape index (κ2) is 3.32. The minimum atomic E-state index is -2.96. The van der Waals surface area contributed by atoms with Crippen LogP contribution >= 0.6 is 0 Å². The summed E-state index contributed by atoms with van der Waals surface area (Å²) in [6.45, 7) is 2.14. The molecule has 2 rings (SSSR count). The Balaban J connectivity index is 2.20. The molecule has 1 unspecified atom stereocenters. The number of aromatic nitrogens is 2. The van der Waals surface area contributed by atoms with Crippen molar-refractivity contribution in [2.24, 2.45) is 0 Å². The molecule has 1 fully saturated rings. The van der Waals surface area contributed by atoms with E-state index in [0.717, 1.165) is 0 Å². The van der Waals surface area contributed by atoms with Crippen molar-refractivity contribution in [2.75, 3.05) is 18.1 Å². The number of rotatable bonds is 1. The topological polar surface area (TPSA) is 85.1 Å². The van der Waals surface area contributed by atoms with Crippen molar-refractivity contribution in [3.05, 3.63) is 11.7 Å². The Kier molecular flexibility index (Phi) is 2.28.